The summed E-state index contributed by atoms with van der Waals surface area (Å²) in [5, 5.41) is 0. The zero-order valence-corrected chi connectivity index (χ0v) is 9.67. The Labute approximate surface area is 87.7 Å². The van der Waals surface area contributed by atoms with E-state index in [1.807, 2.05) is 0 Å². The lowest BCUT2D eigenvalue weighted by molar-refractivity contribution is 0.813. The second-order valence-corrected chi connectivity index (χ2v) is 3.93. The van der Waals surface area contributed by atoms with Crippen LogP contribution in [0.25, 0.3) is 0 Å². The van der Waals surface area contributed by atoms with Crippen molar-refractivity contribution in [1.82, 2.24) is 0 Å². The first-order chi connectivity index (χ1) is 6.66. The molecule has 0 aromatic heterocycles. The SMILES string of the molecule is CC=CC(C)=C(C)C(C)C1=CCC=C1. The summed E-state index contributed by atoms with van der Waals surface area (Å²) in [5.41, 5.74) is 4.33. The van der Waals surface area contributed by atoms with Crippen LogP contribution >= 0.6 is 0 Å². The Morgan fingerprint density at radius 3 is 2.64 bits per heavy atom. The summed E-state index contributed by atoms with van der Waals surface area (Å²) < 4.78 is 0. The quantitative estimate of drug-likeness (QED) is 0.575. The smallest absolute Gasteiger partial charge is 0.00196 e. The fourth-order valence-electron chi connectivity index (χ4n) is 1.77. The summed E-state index contributed by atoms with van der Waals surface area (Å²) >= 11 is 0. The van der Waals surface area contributed by atoms with Crippen LogP contribution in [-0.2, 0) is 0 Å². The minimum atomic E-state index is 0.560. The highest BCUT2D eigenvalue weighted by Gasteiger charge is 2.11. The van der Waals surface area contributed by atoms with E-state index in [2.05, 4.69) is 58.1 Å². The fraction of sp³-hybridized carbons (Fsp3) is 0.429. The number of hydrogen-bond donors (Lipinski definition) is 0. The second-order valence-electron chi connectivity index (χ2n) is 3.93. The van der Waals surface area contributed by atoms with Gasteiger partial charge in [0, 0.05) is 5.92 Å². The molecule has 1 atom stereocenters. The fourth-order valence-corrected chi connectivity index (χ4v) is 1.77. The monoisotopic (exact) mass is 188 g/mol. The number of allylic oxidation sites excluding steroid dienone is 8. The van der Waals surface area contributed by atoms with Crippen molar-refractivity contribution < 1.29 is 0 Å². The molecule has 0 aromatic carbocycles. The molecule has 0 aliphatic heterocycles. The van der Waals surface area contributed by atoms with Crippen LogP contribution in [0.15, 0.2) is 47.1 Å². The molecule has 1 rings (SSSR count). The van der Waals surface area contributed by atoms with Crippen LogP contribution in [0.5, 0.6) is 0 Å². The first-order valence-corrected chi connectivity index (χ1v) is 5.33. The van der Waals surface area contributed by atoms with Gasteiger partial charge in [-0.2, -0.15) is 0 Å². The van der Waals surface area contributed by atoms with Crippen LogP contribution in [0.3, 0.4) is 0 Å². The average molecular weight is 188 g/mol. The molecule has 0 heterocycles. The van der Waals surface area contributed by atoms with Crippen molar-refractivity contribution in [3.63, 3.8) is 0 Å². The molecule has 0 saturated carbocycles. The van der Waals surface area contributed by atoms with Gasteiger partial charge in [-0.15, -0.1) is 0 Å². The highest BCUT2D eigenvalue weighted by molar-refractivity contribution is 5.36. The lowest BCUT2D eigenvalue weighted by Crippen LogP contribution is -1.99. The van der Waals surface area contributed by atoms with Crippen molar-refractivity contribution in [3.8, 4) is 0 Å². The van der Waals surface area contributed by atoms with Gasteiger partial charge in [-0.1, -0.05) is 48.5 Å². The molecule has 1 unspecified atom stereocenters. The summed E-state index contributed by atoms with van der Waals surface area (Å²) in [4.78, 5) is 0. The third-order valence-corrected chi connectivity index (χ3v) is 2.99. The second kappa shape index (κ2) is 4.99. The van der Waals surface area contributed by atoms with Crippen LogP contribution in [0.4, 0.5) is 0 Å². The molecule has 0 spiro atoms. The van der Waals surface area contributed by atoms with Gasteiger partial charge in [-0.3, -0.25) is 0 Å². The molecule has 0 aromatic rings. The standard InChI is InChI=1S/C14H20/c1-5-8-11(2)12(3)13(4)14-9-6-7-10-14/h5-6,8-10,13H,7H2,1-4H3. The van der Waals surface area contributed by atoms with Gasteiger partial charge in [0.05, 0.1) is 0 Å². The van der Waals surface area contributed by atoms with E-state index < -0.39 is 0 Å². The van der Waals surface area contributed by atoms with Gasteiger partial charge in [0.25, 0.3) is 0 Å². The van der Waals surface area contributed by atoms with Crippen molar-refractivity contribution in [3.05, 3.63) is 47.1 Å². The van der Waals surface area contributed by atoms with Gasteiger partial charge >= 0.3 is 0 Å². The van der Waals surface area contributed by atoms with Gasteiger partial charge in [0.1, 0.15) is 0 Å². The largest absolute Gasteiger partial charge is 0.0874 e. The maximum Gasteiger partial charge on any atom is 0.00196 e. The molecule has 0 N–H and O–H groups in total. The van der Waals surface area contributed by atoms with Crippen LogP contribution < -0.4 is 0 Å². The first-order valence-electron chi connectivity index (χ1n) is 5.33. The van der Waals surface area contributed by atoms with Gasteiger partial charge in [0.15, 0.2) is 0 Å². The van der Waals surface area contributed by atoms with E-state index in [1.54, 1.807) is 0 Å². The lowest BCUT2D eigenvalue weighted by Gasteiger charge is -2.14. The van der Waals surface area contributed by atoms with Crippen molar-refractivity contribution in [2.24, 2.45) is 5.92 Å². The minimum absolute atomic E-state index is 0.560. The van der Waals surface area contributed by atoms with Crippen LogP contribution in [0.1, 0.15) is 34.1 Å². The first kappa shape index (κ1) is 11.0. The Kier molecular flexibility index (Phi) is 3.94. The van der Waals surface area contributed by atoms with Gasteiger partial charge in [-0.05, 0) is 32.8 Å². The Balaban J connectivity index is 2.83. The van der Waals surface area contributed by atoms with Crippen LogP contribution in [0, 0.1) is 5.92 Å². The predicted molar refractivity (Wildman–Crippen MR) is 64.2 cm³/mol. The molecule has 1 aliphatic rings. The maximum atomic E-state index is 2.32. The van der Waals surface area contributed by atoms with Crippen molar-refractivity contribution in [1.29, 1.82) is 0 Å². The minimum Gasteiger partial charge on any atom is -0.0874 e. The zero-order chi connectivity index (χ0) is 10.6. The highest BCUT2D eigenvalue weighted by Crippen LogP contribution is 2.26. The van der Waals surface area contributed by atoms with E-state index in [0.717, 1.165) is 6.42 Å². The van der Waals surface area contributed by atoms with Gasteiger partial charge in [-0.25, -0.2) is 0 Å². The van der Waals surface area contributed by atoms with Crippen LogP contribution in [-0.4, -0.2) is 0 Å². The molecule has 0 heteroatoms. The van der Waals surface area contributed by atoms with Crippen LogP contribution in [0.2, 0.25) is 0 Å². The van der Waals surface area contributed by atoms with Crippen molar-refractivity contribution in [2.75, 3.05) is 0 Å². The molecule has 76 valence electrons. The van der Waals surface area contributed by atoms with Crippen molar-refractivity contribution in [2.45, 2.75) is 34.1 Å². The molecular formula is C14H20. The Hall–Kier alpha value is -1.04. The van der Waals surface area contributed by atoms with E-state index >= 15 is 0 Å². The zero-order valence-electron chi connectivity index (χ0n) is 9.67. The van der Waals surface area contributed by atoms with E-state index in [9.17, 15) is 0 Å². The molecule has 0 saturated heterocycles. The third-order valence-electron chi connectivity index (χ3n) is 2.99. The summed E-state index contributed by atoms with van der Waals surface area (Å²) in [7, 11) is 0. The van der Waals surface area contributed by atoms with Gasteiger partial charge in [0.2, 0.25) is 0 Å². The van der Waals surface area contributed by atoms with Crippen molar-refractivity contribution >= 4 is 0 Å². The predicted octanol–water partition coefficient (Wildman–Crippen LogP) is 4.42. The molecule has 0 radical (unpaired) electrons. The maximum absolute atomic E-state index is 2.32. The molecule has 1 aliphatic carbocycles. The Bertz CT molecular complexity index is 311. The summed E-state index contributed by atoms with van der Waals surface area (Å²) in [6.45, 7) is 8.76. The van der Waals surface area contributed by atoms with E-state index in [1.165, 1.54) is 16.7 Å². The number of rotatable bonds is 3. The molecule has 0 fully saturated rings. The van der Waals surface area contributed by atoms with E-state index in [-0.39, 0.29) is 0 Å². The molecule has 0 nitrogen and oxygen atoms in total. The third kappa shape index (κ3) is 2.47. The van der Waals surface area contributed by atoms with E-state index in [0.29, 0.717) is 5.92 Å². The molecular weight excluding hydrogens is 168 g/mol. The topological polar surface area (TPSA) is 0 Å². The highest BCUT2D eigenvalue weighted by atomic mass is 14.2. The molecule has 0 bridgehead atoms. The average Bonchev–Trinajstić information content (AvgIpc) is 2.68. The molecule has 0 amide bonds. The van der Waals surface area contributed by atoms with E-state index in [4.69, 9.17) is 0 Å². The number of hydrogen-bond acceptors (Lipinski definition) is 0. The summed E-state index contributed by atoms with van der Waals surface area (Å²) in [5.74, 6) is 0.560. The Morgan fingerprint density at radius 1 is 1.43 bits per heavy atom. The Morgan fingerprint density at radius 2 is 2.14 bits per heavy atom. The van der Waals surface area contributed by atoms with Gasteiger partial charge < -0.3 is 0 Å². The summed E-state index contributed by atoms with van der Waals surface area (Å²) in [6.07, 6.45) is 12.2. The lowest BCUT2D eigenvalue weighted by atomic mass is 9.91. The normalized spacial score (nSPS) is 19.9. The molecule has 14 heavy (non-hydrogen) atoms. The summed E-state index contributed by atoms with van der Waals surface area (Å²) in [6, 6.07) is 0.